The van der Waals surface area contributed by atoms with Crippen LogP contribution in [-0.2, 0) is 14.8 Å². The average molecular weight is 404 g/mol. The Morgan fingerprint density at radius 2 is 2.00 bits per heavy atom. The van der Waals surface area contributed by atoms with Crippen LogP contribution < -0.4 is 4.72 Å². The normalized spacial score (nSPS) is 12.4. The first-order valence-electron chi connectivity index (χ1n) is 7.85. The molecule has 0 aromatic heterocycles. The lowest BCUT2D eigenvalue weighted by atomic mass is 10.1. The SMILES string of the molecule is CCC(=O)N(CCC#N)/N=C(\C)c1cc(C)ccc1NS(=O)(=O)C(F)(F)F. The molecule has 0 fully saturated rings. The fourth-order valence-corrected chi connectivity index (χ4v) is 2.64. The van der Waals surface area contributed by atoms with Crippen LogP contribution in [0.25, 0.3) is 0 Å². The molecule has 0 spiro atoms. The highest BCUT2D eigenvalue weighted by Crippen LogP contribution is 2.28. The molecule has 7 nitrogen and oxygen atoms in total. The van der Waals surface area contributed by atoms with E-state index >= 15 is 0 Å². The summed E-state index contributed by atoms with van der Waals surface area (Å²) in [6.45, 7) is 4.71. The van der Waals surface area contributed by atoms with Crippen molar-refractivity contribution in [2.75, 3.05) is 11.3 Å². The molecule has 148 valence electrons. The van der Waals surface area contributed by atoms with Crippen molar-refractivity contribution in [2.45, 2.75) is 39.1 Å². The number of carbonyl (C=O) groups excluding carboxylic acids is 1. The summed E-state index contributed by atoms with van der Waals surface area (Å²) in [5.74, 6) is -0.380. The smallest absolute Gasteiger partial charge is 0.275 e. The van der Waals surface area contributed by atoms with E-state index in [-0.39, 0.29) is 42.3 Å². The van der Waals surface area contributed by atoms with Crippen LogP contribution in [0.15, 0.2) is 23.3 Å². The van der Waals surface area contributed by atoms with Gasteiger partial charge in [0.2, 0.25) is 5.91 Å². The minimum absolute atomic E-state index is 0.00986. The number of sulfonamides is 1. The van der Waals surface area contributed by atoms with Crippen molar-refractivity contribution >= 4 is 27.3 Å². The Hall–Kier alpha value is -2.61. The summed E-state index contributed by atoms with van der Waals surface area (Å²) in [5.41, 5.74) is -4.92. The number of benzene rings is 1. The summed E-state index contributed by atoms with van der Waals surface area (Å²) < 4.78 is 62.4. The molecule has 0 aliphatic carbocycles. The molecule has 0 heterocycles. The molecular formula is C16H19F3N4O3S. The summed E-state index contributed by atoms with van der Waals surface area (Å²) in [5, 5.41) is 13.8. The molecule has 11 heteroatoms. The zero-order valence-electron chi connectivity index (χ0n) is 15.0. The van der Waals surface area contributed by atoms with Crippen LogP contribution in [-0.4, -0.2) is 37.1 Å². The van der Waals surface area contributed by atoms with E-state index in [1.807, 2.05) is 6.07 Å². The lowest BCUT2D eigenvalue weighted by Crippen LogP contribution is -2.31. The second-order valence-corrected chi connectivity index (χ2v) is 7.24. The van der Waals surface area contributed by atoms with Crippen LogP contribution >= 0.6 is 0 Å². The fourth-order valence-electron chi connectivity index (χ4n) is 2.05. The summed E-state index contributed by atoms with van der Waals surface area (Å²) in [6.07, 6.45) is 0.132. The molecule has 0 saturated heterocycles. The van der Waals surface area contributed by atoms with E-state index in [0.29, 0.717) is 5.56 Å². The second-order valence-electron chi connectivity index (χ2n) is 5.56. The molecule has 27 heavy (non-hydrogen) atoms. The van der Waals surface area contributed by atoms with Gasteiger partial charge in [0.25, 0.3) is 0 Å². The maximum atomic E-state index is 12.7. The van der Waals surface area contributed by atoms with E-state index in [0.717, 1.165) is 5.01 Å². The number of nitriles is 1. The van der Waals surface area contributed by atoms with Crippen LogP contribution in [0.2, 0.25) is 0 Å². The number of nitrogens with zero attached hydrogens (tertiary/aromatic N) is 3. The van der Waals surface area contributed by atoms with Crippen molar-refractivity contribution in [3.63, 3.8) is 0 Å². The Kier molecular flexibility index (Phi) is 7.36. The molecule has 0 atom stereocenters. The van der Waals surface area contributed by atoms with E-state index in [4.69, 9.17) is 5.26 Å². The number of alkyl halides is 3. The lowest BCUT2D eigenvalue weighted by Gasteiger charge is -2.18. The monoisotopic (exact) mass is 404 g/mol. The Labute approximate surface area is 155 Å². The Morgan fingerprint density at radius 1 is 1.37 bits per heavy atom. The number of halogens is 3. The van der Waals surface area contributed by atoms with E-state index in [9.17, 15) is 26.4 Å². The van der Waals surface area contributed by atoms with E-state index in [1.165, 1.54) is 29.8 Å². The number of anilines is 1. The zero-order chi connectivity index (χ0) is 20.8. The number of amides is 1. The van der Waals surface area contributed by atoms with Gasteiger partial charge in [-0.05, 0) is 26.0 Å². The van der Waals surface area contributed by atoms with Crippen LogP contribution in [0.3, 0.4) is 0 Å². The molecule has 1 N–H and O–H groups in total. The van der Waals surface area contributed by atoms with Crippen LogP contribution in [0, 0.1) is 18.3 Å². The number of nitrogens with one attached hydrogen (secondary N) is 1. The van der Waals surface area contributed by atoms with Gasteiger partial charge >= 0.3 is 15.5 Å². The van der Waals surface area contributed by atoms with Gasteiger partial charge in [0.1, 0.15) is 0 Å². The van der Waals surface area contributed by atoms with Gasteiger partial charge in [0, 0.05) is 12.0 Å². The fraction of sp³-hybridized carbons (Fsp3) is 0.438. The van der Waals surface area contributed by atoms with Crippen molar-refractivity contribution in [1.29, 1.82) is 5.26 Å². The summed E-state index contributed by atoms with van der Waals surface area (Å²) in [7, 11) is -5.61. The van der Waals surface area contributed by atoms with Crippen molar-refractivity contribution < 1.29 is 26.4 Å². The standard InChI is InChI=1S/C16H19F3N4O3S/c1-4-15(24)23(9-5-8-20)21-12(3)13-10-11(2)6-7-14(13)22-27(25,26)16(17,18)19/h6-7,10,22H,4-5,9H2,1-3H3/b21-12+. The maximum Gasteiger partial charge on any atom is 0.516 e. The first kappa shape index (κ1) is 22.4. The average Bonchev–Trinajstić information content (AvgIpc) is 2.58. The van der Waals surface area contributed by atoms with Crippen molar-refractivity contribution in [2.24, 2.45) is 5.10 Å². The van der Waals surface area contributed by atoms with E-state index < -0.39 is 15.5 Å². The number of hydrogen-bond donors (Lipinski definition) is 1. The van der Waals surface area contributed by atoms with Crippen molar-refractivity contribution in [3.05, 3.63) is 29.3 Å². The first-order valence-corrected chi connectivity index (χ1v) is 9.34. The molecule has 1 aromatic rings. The molecule has 1 rings (SSSR count). The van der Waals surface area contributed by atoms with Crippen molar-refractivity contribution in [1.82, 2.24) is 5.01 Å². The van der Waals surface area contributed by atoms with E-state index in [2.05, 4.69) is 5.10 Å². The topological polar surface area (TPSA) is 103 Å². The predicted molar refractivity (Wildman–Crippen MR) is 94.2 cm³/mol. The number of carbonyl (C=O) groups is 1. The summed E-state index contributed by atoms with van der Waals surface area (Å²) in [6, 6.07) is 5.96. The van der Waals surface area contributed by atoms with Crippen LogP contribution in [0.1, 0.15) is 37.8 Å². The van der Waals surface area contributed by atoms with Gasteiger partial charge in [-0.25, -0.2) is 5.01 Å². The third kappa shape index (κ3) is 5.96. The van der Waals surface area contributed by atoms with Crippen LogP contribution in [0.5, 0.6) is 0 Å². The summed E-state index contributed by atoms with van der Waals surface area (Å²) in [4.78, 5) is 11.9. The molecule has 0 bridgehead atoms. The lowest BCUT2D eigenvalue weighted by molar-refractivity contribution is -0.130. The number of hydrazone groups is 1. The molecule has 1 amide bonds. The molecule has 0 aliphatic heterocycles. The molecular weight excluding hydrogens is 385 g/mol. The highest BCUT2D eigenvalue weighted by atomic mass is 32.2. The highest BCUT2D eigenvalue weighted by Gasteiger charge is 2.46. The quantitative estimate of drug-likeness (QED) is 0.557. The minimum Gasteiger partial charge on any atom is -0.275 e. The van der Waals surface area contributed by atoms with Crippen LogP contribution in [0.4, 0.5) is 18.9 Å². The van der Waals surface area contributed by atoms with Gasteiger partial charge in [0.05, 0.1) is 30.4 Å². The summed E-state index contributed by atoms with van der Waals surface area (Å²) >= 11 is 0. The number of hydrogen-bond acceptors (Lipinski definition) is 5. The van der Waals surface area contributed by atoms with E-state index in [1.54, 1.807) is 13.8 Å². The Balaban J connectivity index is 3.37. The van der Waals surface area contributed by atoms with Gasteiger partial charge < -0.3 is 0 Å². The van der Waals surface area contributed by atoms with Crippen molar-refractivity contribution in [3.8, 4) is 6.07 Å². The Bertz CT molecular complexity index is 874. The number of aryl methyl sites for hydroxylation is 1. The predicted octanol–water partition coefficient (Wildman–Crippen LogP) is 3.13. The maximum absolute atomic E-state index is 12.7. The third-order valence-corrected chi connectivity index (χ3v) is 4.51. The van der Waals surface area contributed by atoms with Gasteiger partial charge in [-0.3, -0.25) is 9.52 Å². The van der Waals surface area contributed by atoms with Gasteiger partial charge in [-0.1, -0.05) is 18.6 Å². The van der Waals surface area contributed by atoms with Gasteiger partial charge in [0.15, 0.2) is 0 Å². The molecule has 0 radical (unpaired) electrons. The molecule has 0 aliphatic rings. The van der Waals surface area contributed by atoms with Gasteiger partial charge in [-0.15, -0.1) is 0 Å². The molecule has 0 saturated carbocycles. The highest BCUT2D eigenvalue weighted by molar-refractivity contribution is 7.93. The second kappa shape index (κ2) is 8.85. The zero-order valence-corrected chi connectivity index (χ0v) is 15.8. The van der Waals surface area contributed by atoms with Gasteiger partial charge in [-0.2, -0.15) is 32.0 Å². The Morgan fingerprint density at radius 3 is 2.52 bits per heavy atom. The molecule has 0 unspecified atom stereocenters. The largest absolute Gasteiger partial charge is 0.516 e. The first-order chi connectivity index (χ1) is 12.4. The minimum atomic E-state index is -5.61. The molecule has 1 aromatic carbocycles. The third-order valence-electron chi connectivity index (χ3n) is 3.41. The number of rotatable bonds is 7.